The van der Waals surface area contributed by atoms with E-state index in [1.54, 1.807) is 24.3 Å². The highest BCUT2D eigenvalue weighted by Gasteiger charge is 2.18. The number of benzene rings is 1. The van der Waals surface area contributed by atoms with Gasteiger partial charge in [-0.05, 0) is 30.2 Å². The van der Waals surface area contributed by atoms with Crippen molar-refractivity contribution in [2.75, 3.05) is 7.11 Å². The fraction of sp³-hybridized carbons (Fsp3) is 0.167. The SMILES string of the molecule is COc1ccc(/C(C)=C(\C(N)=O)C(=O)O)cc1. The van der Waals surface area contributed by atoms with E-state index in [0.29, 0.717) is 16.9 Å². The Labute approximate surface area is 98.5 Å². The summed E-state index contributed by atoms with van der Waals surface area (Å²) in [7, 11) is 1.53. The Morgan fingerprint density at radius 3 is 2.12 bits per heavy atom. The summed E-state index contributed by atoms with van der Waals surface area (Å²) in [5.74, 6) is -1.63. The molecule has 0 radical (unpaired) electrons. The van der Waals surface area contributed by atoms with Crippen molar-refractivity contribution in [2.45, 2.75) is 6.92 Å². The van der Waals surface area contributed by atoms with E-state index in [-0.39, 0.29) is 0 Å². The second-order valence-electron chi connectivity index (χ2n) is 3.40. The van der Waals surface area contributed by atoms with Gasteiger partial charge in [-0.1, -0.05) is 12.1 Å². The molecule has 3 N–H and O–H groups in total. The first-order valence-electron chi connectivity index (χ1n) is 4.85. The zero-order valence-corrected chi connectivity index (χ0v) is 9.56. The summed E-state index contributed by atoms with van der Waals surface area (Å²) in [5, 5.41) is 8.89. The molecule has 1 aromatic carbocycles. The van der Waals surface area contributed by atoms with Crippen molar-refractivity contribution in [1.29, 1.82) is 0 Å². The zero-order chi connectivity index (χ0) is 13.0. The minimum Gasteiger partial charge on any atom is -0.497 e. The summed E-state index contributed by atoms with van der Waals surface area (Å²) in [6.45, 7) is 1.54. The molecule has 0 aliphatic heterocycles. The van der Waals surface area contributed by atoms with Gasteiger partial charge in [-0.3, -0.25) is 4.79 Å². The molecule has 0 saturated carbocycles. The van der Waals surface area contributed by atoms with E-state index in [4.69, 9.17) is 15.6 Å². The third-order valence-electron chi connectivity index (χ3n) is 2.36. The van der Waals surface area contributed by atoms with E-state index in [0.717, 1.165) is 0 Å². The Bertz CT molecular complexity index is 458. The number of hydrogen-bond donors (Lipinski definition) is 2. The topological polar surface area (TPSA) is 89.6 Å². The highest BCUT2D eigenvalue weighted by Crippen LogP contribution is 2.21. The minimum atomic E-state index is -1.33. The lowest BCUT2D eigenvalue weighted by Crippen LogP contribution is -2.21. The summed E-state index contributed by atoms with van der Waals surface area (Å²) >= 11 is 0. The average molecular weight is 235 g/mol. The predicted molar refractivity (Wildman–Crippen MR) is 62.4 cm³/mol. The van der Waals surface area contributed by atoms with Gasteiger partial charge in [-0.25, -0.2) is 4.79 Å². The summed E-state index contributed by atoms with van der Waals surface area (Å²) in [4.78, 5) is 21.9. The number of carboxylic acid groups (broad SMARTS) is 1. The maximum atomic E-state index is 11.0. The summed E-state index contributed by atoms with van der Waals surface area (Å²) in [6, 6.07) is 6.69. The number of primary amides is 1. The number of nitrogens with two attached hydrogens (primary N) is 1. The van der Waals surface area contributed by atoms with Gasteiger partial charge in [0.25, 0.3) is 5.91 Å². The van der Waals surface area contributed by atoms with Crippen molar-refractivity contribution in [1.82, 2.24) is 0 Å². The van der Waals surface area contributed by atoms with Gasteiger partial charge in [0.2, 0.25) is 0 Å². The number of ether oxygens (including phenoxy) is 1. The largest absolute Gasteiger partial charge is 0.497 e. The molecule has 0 saturated heterocycles. The fourth-order valence-corrected chi connectivity index (χ4v) is 1.44. The first-order chi connectivity index (χ1) is 7.97. The van der Waals surface area contributed by atoms with Crippen molar-refractivity contribution in [2.24, 2.45) is 5.73 Å². The molecule has 0 aliphatic carbocycles. The molecular formula is C12H13NO4. The lowest BCUT2D eigenvalue weighted by Gasteiger charge is -2.06. The Morgan fingerprint density at radius 2 is 1.76 bits per heavy atom. The molecule has 5 heteroatoms. The number of carbonyl (C=O) groups is 2. The molecular weight excluding hydrogens is 222 g/mol. The van der Waals surface area contributed by atoms with Crippen molar-refractivity contribution in [3.05, 3.63) is 35.4 Å². The van der Waals surface area contributed by atoms with Crippen LogP contribution in [-0.4, -0.2) is 24.1 Å². The van der Waals surface area contributed by atoms with E-state index in [1.807, 2.05) is 0 Å². The first-order valence-corrected chi connectivity index (χ1v) is 4.85. The van der Waals surface area contributed by atoms with Gasteiger partial charge in [0, 0.05) is 0 Å². The second-order valence-corrected chi connectivity index (χ2v) is 3.40. The number of aliphatic carboxylic acids is 1. The highest BCUT2D eigenvalue weighted by atomic mass is 16.5. The first kappa shape index (κ1) is 12.8. The minimum absolute atomic E-state index is 0.327. The Kier molecular flexibility index (Phi) is 3.87. The normalized spacial score (nSPS) is 11.6. The zero-order valence-electron chi connectivity index (χ0n) is 9.56. The molecule has 1 amide bonds. The molecule has 1 aromatic rings. The van der Waals surface area contributed by atoms with Crippen molar-refractivity contribution in [3.8, 4) is 5.75 Å². The second kappa shape index (κ2) is 5.16. The molecule has 0 aliphatic rings. The number of methoxy groups -OCH3 is 1. The van der Waals surface area contributed by atoms with Crippen LogP contribution in [-0.2, 0) is 9.59 Å². The van der Waals surface area contributed by atoms with E-state index in [9.17, 15) is 9.59 Å². The maximum absolute atomic E-state index is 11.0. The third-order valence-corrected chi connectivity index (χ3v) is 2.36. The quantitative estimate of drug-likeness (QED) is 0.463. The number of rotatable bonds is 4. The molecule has 1 rings (SSSR count). The van der Waals surface area contributed by atoms with E-state index in [1.165, 1.54) is 14.0 Å². The van der Waals surface area contributed by atoms with Crippen LogP contribution in [0.2, 0.25) is 0 Å². The molecule has 17 heavy (non-hydrogen) atoms. The number of allylic oxidation sites excluding steroid dienone is 1. The monoisotopic (exact) mass is 235 g/mol. The number of carbonyl (C=O) groups excluding carboxylic acids is 1. The molecule has 0 aromatic heterocycles. The van der Waals surface area contributed by atoms with Crippen LogP contribution in [0, 0.1) is 0 Å². The van der Waals surface area contributed by atoms with Gasteiger partial charge in [-0.15, -0.1) is 0 Å². The molecule has 0 spiro atoms. The van der Waals surface area contributed by atoms with Crippen LogP contribution in [0.25, 0.3) is 5.57 Å². The van der Waals surface area contributed by atoms with Gasteiger partial charge < -0.3 is 15.6 Å². The average Bonchev–Trinajstić information content (AvgIpc) is 2.28. The Morgan fingerprint density at radius 1 is 1.24 bits per heavy atom. The van der Waals surface area contributed by atoms with Crippen molar-refractivity contribution < 1.29 is 19.4 Å². The summed E-state index contributed by atoms with van der Waals surface area (Å²) in [5.41, 5.74) is 5.56. The molecule has 0 unspecified atom stereocenters. The van der Waals surface area contributed by atoms with Crippen LogP contribution in [0.5, 0.6) is 5.75 Å². The van der Waals surface area contributed by atoms with E-state index < -0.39 is 17.4 Å². The third kappa shape index (κ3) is 2.84. The molecule has 0 atom stereocenters. The van der Waals surface area contributed by atoms with Crippen LogP contribution in [0.15, 0.2) is 29.8 Å². The standard InChI is InChI=1S/C12H13NO4/c1-7(10(11(13)14)12(15)16)8-3-5-9(17-2)6-4-8/h3-6H,1-2H3,(H2,13,14)(H,15,16)/b10-7+. The van der Waals surface area contributed by atoms with E-state index in [2.05, 4.69) is 0 Å². The smallest absolute Gasteiger partial charge is 0.341 e. The van der Waals surface area contributed by atoms with Crippen LogP contribution >= 0.6 is 0 Å². The Balaban J connectivity index is 3.24. The molecule has 5 nitrogen and oxygen atoms in total. The van der Waals surface area contributed by atoms with Gasteiger partial charge >= 0.3 is 5.97 Å². The highest BCUT2D eigenvalue weighted by molar-refractivity contribution is 6.20. The van der Waals surface area contributed by atoms with Gasteiger partial charge in [0.15, 0.2) is 0 Å². The predicted octanol–water partition coefficient (Wildman–Crippen LogP) is 1.04. The Hall–Kier alpha value is -2.30. The number of hydrogen-bond acceptors (Lipinski definition) is 3. The van der Waals surface area contributed by atoms with Gasteiger partial charge in [-0.2, -0.15) is 0 Å². The molecule has 0 bridgehead atoms. The fourth-order valence-electron chi connectivity index (χ4n) is 1.44. The van der Waals surface area contributed by atoms with Crippen molar-refractivity contribution in [3.63, 3.8) is 0 Å². The number of amides is 1. The van der Waals surface area contributed by atoms with Gasteiger partial charge in [0.05, 0.1) is 7.11 Å². The molecule has 0 fully saturated rings. The lowest BCUT2D eigenvalue weighted by atomic mass is 10.0. The molecule has 90 valence electrons. The van der Waals surface area contributed by atoms with Crippen LogP contribution in [0.1, 0.15) is 12.5 Å². The lowest BCUT2D eigenvalue weighted by molar-refractivity contribution is -0.134. The van der Waals surface area contributed by atoms with Crippen LogP contribution in [0.3, 0.4) is 0 Å². The molecule has 0 heterocycles. The van der Waals surface area contributed by atoms with Gasteiger partial charge in [0.1, 0.15) is 11.3 Å². The van der Waals surface area contributed by atoms with Crippen LogP contribution in [0.4, 0.5) is 0 Å². The maximum Gasteiger partial charge on any atom is 0.341 e. The number of carboxylic acids is 1. The van der Waals surface area contributed by atoms with E-state index >= 15 is 0 Å². The summed E-state index contributed by atoms with van der Waals surface area (Å²) in [6.07, 6.45) is 0. The van der Waals surface area contributed by atoms with Crippen molar-refractivity contribution >= 4 is 17.4 Å². The van der Waals surface area contributed by atoms with Crippen LogP contribution < -0.4 is 10.5 Å². The summed E-state index contributed by atoms with van der Waals surface area (Å²) < 4.78 is 4.98.